The normalized spacial score (nSPS) is 11.9. The number of aromatic nitrogens is 1. The average molecular weight is 357 g/mol. The molecule has 0 radical (unpaired) electrons. The van der Waals surface area contributed by atoms with Crippen molar-refractivity contribution in [2.24, 2.45) is 0 Å². The number of nitrogens with zero attached hydrogens (tertiary/aromatic N) is 2. The molecule has 0 spiro atoms. The maximum atomic E-state index is 9.72. The average Bonchev–Trinajstić information content (AvgIpc) is 2.72. The van der Waals surface area contributed by atoms with Crippen molar-refractivity contribution in [2.45, 2.75) is 12.8 Å². The van der Waals surface area contributed by atoms with Crippen LogP contribution >= 0.6 is 0 Å². The van der Waals surface area contributed by atoms with Crippen LogP contribution in [0.1, 0.15) is 16.7 Å². The van der Waals surface area contributed by atoms with Crippen LogP contribution in [0.5, 0.6) is 11.5 Å². The maximum Gasteiger partial charge on any atom is 0.142 e. The molecule has 0 saturated heterocycles. The van der Waals surface area contributed by atoms with Crippen LogP contribution in [-0.4, -0.2) is 19.2 Å². The molecule has 1 heterocycles. The highest BCUT2D eigenvalue weighted by atomic mass is 16.5. The second kappa shape index (κ2) is 6.65. The van der Waals surface area contributed by atoms with Gasteiger partial charge < -0.3 is 15.2 Å². The Balaban J connectivity index is 1.97. The summed E-state index contributed by atoms with van der Waals surface area (Å²) < 4.78 is 10.6. The molecule has 1 aromatic heterocycles. The topological polar surface area (TPSA) is 81.2 Å². The van der Waals surface area contributed by atoms with Gasteiger partial charge in [0.25, 0.3) is 0 Å². The minimum atomic E-state index is 0.255. The number of benzene rings is 2. The Hall–Kier alpha value is -3.52. The number of pyridine rings is 1. The fourth-order valence-electron chi connectivity index (χ4n) is 3.69. The van der Waals surface area contributed by atoms with E-state index in [4.69, 9.17) is 15.2 Å². The zero-order chi connectivity index (χ0) is 19.0. The molecule has 2 aromatic carbocycles. The fourth-order valence-corrected chi connectivity index (χ4v) is 3.69. The van der Waals surface area contributed by atoms with Crippen molar-refractivity contribution in [3.05, 3.63) is 59.2 Å². The number of fused-ring (bicyclic) bond motifs is 3. The summed E-state index contributed by atoms with van der Waals surface area (Å²) in [5.41, 5.74) is 12.5. The molecule has 0 saturated carbocycles. The molecule has 1 aliphatic carbocycles. The molecule has 4 rings (SSSR count). The summed E-state index contributed by atoms with van der Waals surface area (Å²) in [5.74, 6) is 1.85. The largest absolute Gasteiger partial charge is 0.497 e. The molecule has 1 aliphatic rings. The number of methoxy groups -OCH3 is 2. The van der Waals surface area contributed by atoms with Gasteiger partial charge in [-0.2, -0.15) is 5.26 Å². The summed E-state index contributed by atoms with van der Waals surface area (Å²) >= 11 is 0. The third-order valence-corrected chi connectivity index (χ3v) is 5.03. The van der Waals surface area contributed by atoms with Crippen molar-refractivity contribution in [2.75, 3.05) is 20.0 Å². The number of hydrogen-bond acceptors (Lipinski definition) is 5. The molecular formula is C22H19N3O2. The van der Waals surface area contributed by atoms with Crippen LogP contribution in [0, 0.1) is 11.3 Å². The first-order valence-corrected chi connectivity index (χ1v) is 8.70. The van der Waals surface area contributed by atoms with E-state index in [2.05, 4.69) is 11.1 Å². The Bertz CT molecular complexity index is 1070. The van der Waals surface area contributed by atoms with Gasteiger partial charge in [-0.1, -0.05) is 12.1 Å². The highest BCUT2D eigenvalue weighted by Gasteiger charge is 2.25. The molecular weight excluding hydrogens is 338 g/mol. The van der Waals surface area contributed by atoms with Gasteiger partial charge in [0.1, 0.15) is 28.9 Å². The molecule has 2 N–H and O–H groups in total. The van der Waals surface area contributed by atoms with Gasteiger partial charge in [-0.05, 0) is 59.9 Å². The molecule has 0 unspecified atom stereocenters. The van der Waals surface area contributed by atoms with Gasteiger partial charge in [-0.3, -0.25) is 0 Å². The lowest BCUT2D eigenvalue weighted by atomic mass is 9.83. The van der Waals surface area contributed by atoms with Crippen LogP contribution in [0.2, 0.25) is 0 Å². The first kappa shape index (κ1) is 16.9. The lowest BCUT2D eigenvalue weighted by Crippen LogP contribution is -2.11. The van der Waals surface area contributed by atoms with Crippen LogP contribution in [0.3, 0.4) is 0 Å². The molecule has 27 heavy (non-hydrogen) atoms. The molecule has 5 nitrogen and oxygen atoms in total. The quantitative estimate of drug-likeness (QED) is 0.767. The summed E-state index contributed by atoms with van der Waals surface area (Å²) in [6, 6.07) is 15.9. The summed E-state index contributed by atoms with van der Waals surface area (Å²) in [4.78, 5) is 4.59. The number of nitrogen functional groups attached to an aromatic ring is 1. The first-order valence-electron chi connectivity index (χ1n) is 8.70. The van der Waals surface area contributed by atoms with E-state index in [1.165, 1.54) is 5.56 Å². The third kappa shape index (κ3) is 2.76. The molecule has 5 heteroatoms. The molecule has 134 valence electrons. The summed E-state index contributed by atoms with van der Waals surface area (Å²) in [5, 5.41) is 9.72. The van der Waals surface area contributed by atoms with E-state index in [0.29, 0.717) is 5.56 Å². The Morgan fingerprint density at radius 2 is 1.70 bits per heavy atom. The molecule has 3 aromatic rings. The van der Waals surface area contributed by atoms with Gasteiger partial charge >= 0.3 is 0 Å². The smallest absolute Gasteiger partial charge is 0.142 e. The second-order valence-electron chi connectivity index (χ2n) is 6.44. The number of nitrogens with two attached hydrogens (primary N) is 1. The third-order valence-electron chi connectivity index (χ3n) is 5.03. The second-order valence-corrected chi connectivity index (χ2v) is 6.44. The van der Waals surface area contributed by atoms with Gasteiger partial charge in [-0.25, -0.2) is 4.98 Å². The Morgan fingerprint density at radius 3 is 2.37 bits per heavy atom. The molecule has 0 amide bonds. The highest BCUT2D eigenvalue weighted by molar-refractivity contribution is 5.86. The summed E-state index contributed by atoms with van der Waals surface area (Å²) in [6.45, 7) is 0. The van der Waals surface area contributed by atoms with E-state index in [1.54, 1.807) is 14.2 Å². The van der Waals surface area contributed by atoms with E-state index in [-0.39, 0.29) is 5.82 Å². The maximum absolute atomic E-state index is 9.72. The zero-order valence-electron chi connectivity index (χ0n) is 15.2. The van der Waals surface area contributed by atoms with Crippen molar-refractivity contribution in [1.82, 2.24) is 4.98 Å². The lowest BCUT2D eigenvalue weighted by Gasteiger charge is -2.24. The highest BCUT2D eigenvalue weighted by Crippen LogP contribution is 2.42. The predicted molar refractivity (Wildman–Crippen MR) is 105 cm³/mol. The van der Waals surface area contributed by atoms with Gasteiger partial charge in [0, 0.05) is 11.1 Å². The monoisotopic (exact) mass is 357 g/mol. The van der Waals surface area contributed by atoms with Crippen molar-refractivity contribution >= 4 is 5.82 Å². The van der Waals surface area contributed by atoms with E-state index in [9.17, 15) is 5.26 Å². The van der Waals surface area contributed by atoms with Gasteiger partial charge in [0.15, 0.2) is 0 Å². The Morgan fingerprint density at radius 1 is 1.00 bits per heavy atom. The lowest BCUT2D eigenvalue weighted by molar-refractivity contribution is 0.414. The van der Waals surface area contributed by atoms with Crippen molar-refractivity contribution in [1.29, 1.82) is 5.26 Å². The standard InChI is InChI=1S/C22H19N3O2/c1-26-15-6-3-13(4-7-15)20-18-9-5-14-11-16(27-2)8-10-17(14)21(18)25-22(24)19(20)12-23/h3-4,6-8,10-11H,5,9H2,1-2H3,(H2,24,25). The minimum Gasteiger partial charge on any atom is -0.497 e. The molecule has 0 bridgehead atoms. The van der Waals surface area contributed by atoms with Gasteiger partial charge in [0.2, 0.25) is 0 Å². The number of anilines is 1. The van der Waals surface area contributed by atoms with Crippen molar-refractivity contribution in [3.8, 4) is 40.0 Å². The Kier molecular flexibility index (Phi) is 4.17. The number of nitriles is 1. The van der Waals surface area contributed by atoms with Crippen LogP contribution in [0.4, 0.5) is 5.82 Å². The summed E-state index contributed by atoms with van der Waals surface area (Å²) in [7, 11) is 3.29. The Labute approximate surface area is 158 Å². The zero-order valence-corrected chi connectivity index (χ0v) is 15.2. The van der Waals surface area contributed by atoms with Crippen LogP contribution in [-0.2, 0) is 12.8 Å². The van der Waals surface area contributed by atoms with E-state index < -0.39 is 0 Å². The molecule has 0 atom stereocenters. The van der Waals surface area contributed by atoms with E-state index in [1.807, 2.05) is 42.5 Å². The summed E-state index contributed by atoms with van der Waals surface area (Å²) in [6.07, 6.45) is 1.65. The molecule has 0 fully saturated rings. The SMILES string of the molecule is COc1ccc(-c2c(C#N)c(N)nc3c2CCc2cc(OC)ccc2-3)cc1. The molecule has 0 aliphatic heterocycles. The van der Waals surface area contributed by atoms with Crippen molar-refractivity contribution < 1.29 is 9.47 Å². The van der Waals surface area contributed by atoms with Crippen LogP contribution < -0.4 is 15.2 Å². The predicted octanol–water partition coefficient (Wildman–Crippen LogP) is 3.99. The number of aryl methyl sites for hydroxylation is 1. The van der Waals surface area contributed by atoms with Gasteiger partial charge in [0.05, 0.1) is 19.9 Å². The fraction of sp³-hybridized carbons (Fsp3) is 0.182. The van der Waals surface area contributed by atoms with Gasteiger partial charge in [-0.15, -0.1) is 0 Å². The van der Waals surface area contributed by atoms with Crippen LogP contribution in [0.25, 0.3) is 22.4 Å². The van der Waals surface area contributed by atoms with E-state index in [0.717, 1.165) is 52.3 Å². The number of hydrogen-bond donors (Lipinski definition) is 1. The van der Waals surface area contributed by atoms with Crippen LogP contribution in [0.15, 0.2) is 42.5 Å². The minimum absolute atomic E-state index is 0.255. The van der Waals surface area contributed by atoms with E-state index >= 15 is 0 Å². The van der Waals surface area contributed by atoms with Crippen molar-refractivity contribution in [3.63, 3.8) is 0 Å². The number of rotatable bonds is 3. The number of ether oxygens (including phenoxy) is 2. The first-order chi connectivity index (χ1) is 13.2.